The number of hydrogen-bond acceptors (Lipinski definition) is 6. The van der Waals surface area contributed by atoms with Crippen molar-refractivity contribution in [2.45, 2.75) is 13.8 Å². The molecule has 0 atom stereocenters. The van der Waals surface area contributed by atoms with Crippen LogP contribution in [-0.2, 0) is 0 Å². The number of nitrogens with zero attached hydrogens (tertiary/aromatic N) is 3. The molecular formula is C10H11N5O2. The number of aromatic nitrogens is 3. The van der Waals surface area contributed by atoms with Gasteiger partial charge in [-0.2, -0.15) is 0 Å². The number of nitrogens with one attached hydrogen (secondary N) is 1. The molecule has 0 aliphatic heterocycles. The Morgan fingerprint density at radius 3 is 2.71 bits per heavy atom. The zero-order valence-electron chi connectivity index (χ0n) is 9.39. The molecule has 0 bridgehead atoms. The maximum Gasteiger partial charge on any atom is 0.322 e. The normalized spacial score (nSPS) is 10.2. The predicted molar refractivity (Wildman–Crippen MR) is 60.4 cm³/mol. The van der Waals surface area contributed by atoms with E-state index in [0.717, 1.165) is 0 Å². The van der Waals surface area contributed by atoms with Crippen molar-refractivity contribution in [3.8, 4) is 0 Å². The largest absolute Gasteiger partial charge is 0.408 e. The first-order valence-corrected chi connectivity index (χ1v) is 4.90. The van der Waals surface area contributed by atoms with Gasteiger partial charge in [0.25, 0.3) is 5.91 Å². The lowest BCUT2D eigenvalue weighted by Gasteiger charge is -2.02. The minimum Gasteiger partial charge on any atom is -0.408 e. The second kappa shape index (κ2) is 4.20. The average Bonchev–Trinajstić information content (AvgIpc) is 2.62. The predicted octanol–water partition coefficient (Wildman–Crippen LogP) is 0.916. The van der Waals surface area contributed by atoms with E-state index in [4.69, 9.17) is 10.2 Å². The molecule has 2 aromatic rings. The number of anilines is 2. The van der Waals surface area contributed by atoms with Crippen LogP contribution in [0.5, 0.6) is 0 Å². The number of amides is 1. The van der Waals surface area contributed by atoms with E-state index in [9.17, 15) is 4.79 Å². The molecule has 2 aromatic heterocycles. The van der Waals surface area contributed by atoms with Gasteiger partial charge in [-0.1, -0.05) is 5.10 Å². The summed E-state index contributed by atoms with van der Waals surface area (Å²) in [5.41, 5.74) is 6.61. The van der Waals surface area contributed by atoms with Crippen molar-refractivity contribution >= 4 is 17.7 Å². The first-order valence-electron chi connectivity index (χ1n) is 4.90. The number of carbonyl (C=O) groups excluding carboxylic acids is 1. The van der Waals surface area contributed by atoms with Gasteiger partial charge >= 0.3 is 6.01 Å². The fraction of sp³-hybridized carbons (Fsp3) is 0.200. The number of hydrogen-bond donors (Lipinski definition) is 2. The number of aryl methyl sites for hydroxylation is 2. The molecule has 0 saturated carbocycles. The summed E-state index contributed by atoms with van der Waals surface area (Å²) < 4.78 is 5.04. The van der Waals surface area contributed by atoms with Gasteiger partial charge in [0.1, 0.15) is 5.82 Å². The third-order valence-corrected chi connectivity index (χ3v) is 1.98. The van der Waals surface area contributed by atoms with Crippen LogP contribution in [0.25, 0.3) is 0 Å². The zero-order valence-corrected chi connectivity index (χ0v) is 9.39. The lowest BCUT2D eigenvalue weighted by molar-refractivity contribution is 0.102. The van der Waals surface area contributed by atoms with Crippen LogP contribution in [0.4, 0.5) is 11.8 Å². The Morgan fingerprint density at radius 2 is 2.12 bits per heavy atom. The highest BCUT2D eigenvalue weighted by atomic mass is 16.4. The Kier molecular flexibility index (Phi) is 2.73. The van der Waals surface area contributed by atoms with Crippen molar-refractivity contribution in [3.63, 3.8) is 0 Å². The van der Waals surface area contributed by atoms with Crippen LogP contribution >= 0.6 is 0 Å². The highest BCUT2D eigenvalue weighted by Gasteiger charge is 2.11. The van der Waals surface area contributed by atoms with E-state index in [2.05, 4.69) is 20.5 Å². The van der Waals surface area contributed by atoms with Gasteiger partial charge in [0.2, 0.25) is 5.89 Å². The third kappa shape index (κ3) is 2.57. The smallest absolute Gasteiger partial charge is 0.322 e. The lowest BCUT2D eigenvalue weighted by atomic mass is 10.2. The molecular weight excluding hydrogens is 222 g/mol. The molecule has 17 heavy (non-hydrogen) atoms. The summed E-state index contributed by atoms with van der Waals surface area (Å²) in [6, 6.07) is 3.15. The molecule has 0 spiro atoms. The van der Waals surface area contributed by atoms with Gasteiger partial charge in [-0.25, -0.2) is 4.98 Å². The van der Waals surface area contributed by atoms with Gasteiger partial charge < -0.3 is 10.2 Å². The Morgan fingerprint density at radius 1 is 1.35 bits per heavy atom. The average molecular weight is 233 g/mol. The molecule has 88 valence electrons. The molecule has 0 saturated heterocycles. The van der Waals surface area contributed by atoms with E-state index in [0.29, 0.717) is 17.1 Å². The van der Waals surface area contributed by atoms with Crippen LogP contribution in [-0.4, -0.2) is 21.1 Å². The quantitative estimate of drug-likeness (QED) is 0.798. The van der Waals surface area contributed by atoms with Crippen molar-refractivity contribution in [2.75, 3.05) is 11.1 Å². The van der Waals surface area contributed by atoms with Crippen LogP contribution in [0.2, 0.25) is 0 Å². The Bertz CT molecular complexity index is 543. The molecule has 1 amide bonds. The highest BCUT2D eigenvalue weighted by Crippen LogP contribution is 2.10. The standard InChI is InChI=1S/C10H11N5O2/c1-5-3-7(4-8(11)12-5)9(16)13-10-15-14-6(2)17-10/h3-4H,1-2H3,(H2,11,12)(H,13,15,16). The summed E-state index contributed by atoms with van der Waals surface area (Å²) in [4.78, 5) is 15.8. The molecule has 7 heteroatoms. The maximum absolute atomic E-state index is 11.8. The Balaban J connectivity index is 2.19. The fourth-order valence-corrected chi connectivity index (χ4v) is 1.34. The summed E-state index contributed by atoms with van der Waals surface area (Å²) in [6.07, 6.45) is 0. The molecule has 2 rings (SSSR count). The Labute approximate surface area is 97.1 Å². The summed E-state index contributed by atoms with van der Waals surface area (Å²) in [6.45, 7) is 3.39. The minimum atomic E-state index is -0.370. The molecule has 0 fully saturated rings. The molecule has 2 heterocycles. The number of carbonyl (C=O) groups is 1. The molecule has 0 aromatic carbocycles. The van der Waals surface area contributed by atoms with Gasteiger partial charge in [-0.05, 0) is 19.1 Å². The fourth-order valence-electron chi connectivity index (χ4n) is 1.34. The summed E-state index contributed by atoms with van der Waals surface area (Å²) in [5.74, 6) is 0.299. The van der Waals surface area contributed by atoms with E-state index in [1.54, 1.807) is 19.9 Å². The first-order chi connectivity index (χ1) is 8.04. The van der Waals surface area contributed by atoms with Crippen molar-refractivity contribution in [3.05, 3.63) is 29.3 Å². The second-order valence-corrected chi connectivity index (χ2v) is 3.50. The van der Waals surface area contributed by atoms with Crippen LogP contribution in [0.1, 0.15) is 21.9 Å². The topological polar surface area (TPSA) is 107 Å². The van der Waals surface area contributed by atoms with Crippen LogP contribution in [0, 0.1) is 13.8 Å². The van der Waals surface area contributed by atoms with E-state index in [1.165, 1.54) is 6.07 Å². The highest BCUT2D eigenvalue weighted by molar-refractivity contribution is 6.03. The van der Waals surface area contributed by atoms with Gasteiger partial charge in [0.15, 0.2) is 0 Å². The Hall–Kier alpha value is -2.44. The summed E-state index contributed by atoms with van der Waals surface area (Å²) in [5, 5.41) is 9.73. The van der Waals surface area contributed by atoms with Crippen LogP contribution < -0.4 is 11.1 Å². The molecule has 0 aliphatic rings. The van der Waals surface area contributed by atoms with Gasteiger partial charge in [0.05, 0.1) is 0 Å². The molecule has 0 radical (unpaired) electrons. The van der Waals surface area contributed by atoms with E-state index < -0.39 is 0 Å². The molecule has 0 aliphatic carbocycles. The third-order valence-electron chi connectivity index (χ3n) is 1.98. The molecule has 3 N–H and O–H groups in total. The number of nitrogens with two attached hydrogens (primary N) is 1. The van der Waals surface area contributed by atoms with Gasteiger partial charge in [-0.3, -0.25) is 10.1 Å². The first kappa shape index (κ1) is 11.1. The number of nitrogen functional groups attached to an aromatic ring is 1. The zero-order chi connectivity index (χ0) is 12.4. The number of pyridine rings is 1. The number of rotatable bonds is 2. The van der Waals surface area contributed by atoms with Crippen molar-refractivity contribution in [1.29, 1.82) is 0 Å². The van der Waals surface area contributed by atoms with E-state index in [-0.39, 0.29) is 17.7 Å². The van der Waals surface area contributed by atoms with Crippen molar-refractivity contribution < 1.29 is 9.21 Å². The van der Waals surface area contributed by atoms with E-state index >= 15 is 0 Å². The molecule has 7 nitrogen and oxygen atoms in total. The monoisotopic (exact) mass is 233 g/mol. The van der Waals surface area contributed by atoms with Crippen molar-refractivity contribution in [2.24, 2.45) is 0 Å². The van der Waals surface area contributed by atoms with Gasteiger partial charge in [-0.15, -0.1) is 5.10 Å². The van der Waals surface area contributed by atoms with E-state index in [1.807, 2.05) is 0 Å². The lowest BCUT2D eigenvalue weighted by Crippen LogP contribution is -2.13. The SMILES string of the molecule is Cc1cc(C(=O)Nc2nnc(C)o2)cc(N)n1. The van der Waals surface area contributed by atoms with Crippen LogP contribution in [0.3, 0.4) is 0 Å². The van der Waals surface area contributed by atoms with Crippen LogP contribution in [0.15, 0.2) is 16.5 Å². The molecule has 0 unspecified atom stereocenters. The minimum absolute atomic E-state index is 0.0561. The van der Waals surface area contributed by atoms with Gasteiger partial charge in [0, 0.05) is 18.2 Å². The second-order valence-electron chi connectivity index (χ2n) is 3.50. The summed E-state index contributed by atoms with van der Waals surface area (Å²) >= 11 is 0. The summed E-state index contributed by atoms with van der Waals surface area (Å²) in [7, 11) is 0. The van der Waals surface area contributed by atoms with Crippen molar-refractivity contribution in [1.82, 2.24) is 15.2 Å². The maximum atomic E-state index is 11.8.